The van der Waals surface area contributed by atoms with Gasteiger partial charge in [-0.1, -0.05) is 334 Å². The lowest BCUT2D eigenvalue weighted by atomic mass is 9.57. The summed E-state index contributed by atoms with van der Waals surface area (Å²) in [5.74, 6) is 38.9. The summed E-state index contributed by atoms with van der Waals surface area (Å²) in [6.07, 6.45) is 72.5. The molecule has 0 heterocycles. The summed E-state index contributed by atoms with van der Waals surface area (Å²) in [5, 5.41) is 0. The van der Waals surface area contributed by atoms with Crippen LogP contribution in [-0.4, -0.2) is 0 Å². The summed E-state index contributed by atoms with van der Waals surface area (Å²) in [6.45, 7) is 64.6. The molecule has 668 valence electrons. The second kappa shape index (κ2) is 46.8. The fraction of sp³-hybridized carbons (Fsp3) is 1.00. The molecule has 0 saturated heterocycles. The topological polar surface area (TPSA) is 0 Å². The van der Waals surface area contributed by atoms with Gasteiger partial charge in [0, 0.05) is 0 Å². The van der Waals surface area contributed by atoms with Crippen LogP contribution in [0.15, 0.2) is 0 Å². The van der Waals surface area contributed by atoms with Gasteiger partial charge in [-0.3, -0.25) is 0 Å². The van der Waals surface area contributed by atoms with Crippen LogP contribution < -0.4 is 0 Å². The van der Waals surface area contributed by atoms with Crippen LogP contribution in [0.4, 0.5) is 0 Å². The van der Waals surface area contributed by atoms with Crippen molar-refractivity contribution in [2.24, 2.45) is 236 Å². The van der Waals surface area contributed by atoms with Crippen molar-refractivity contribution in [1.82, 2.24) is 0 Å². The molecule has 0 nitrogen and oxygen atoms in total. The van der Waals surface area contributed by atoms with E-state index < -0.39 is 0 Å². The predicted octanol–water partition coefficient (Wildman–Crippen LogP) is 36.7. The zero-order valence-corrected chi connectivity index (χ0v) is 82.9. The highest BCUT2D eigenvalue weighted by atomic mass is 14.6. The number of rotatable bonds is 12. The van der Waals surface area contributed by atoms with E-state index in [1.165, 1.54) is 276 Å². The van der Waals surface area contributed by atoms with Crippen molar-refractivity contribution in [3.63, 3.8) is 0 Å². The molecule has 0 aromatic carbocycles. The second-order valence-corrected chi connectivity index (χ2v) is 51.1. The molecule has 0 spiro atoms. The Bertz CT molecular complexity index is 2390. The number of hydrogen-bond donors (Lipinski definition) is 0. The largest absolute Gasteiger partial charge is 0.0625 e. The smallest absolute Gasteiger partial charge is 0.0297 e. The highest BCUT2D eigenvalue weighted by Crippen LogP contribution is 2.62. The van der Waals surface area contributed by atoms with Gasteiger partial charge in [-0.25, -0.2) is 0 Å². The van der Waals surface area contributed by atoms with E-state index in [0.717, 1.165) is 219 Å². The van der Waals surface area contributed by atoms with Gasteiger partial charge in [0.1, 0.15) is 0 Å². The van der Waals surface area contributed by atoms with Gasteiger partial charge in [-0.05, 0) is 390 Å². The number of fused-ring (bicyclic) bond motifs is 5. The van der Waals surface area contributed by atoms with Gasteiger partial charge in [0.05, 0.1) is 0 Å². The zero-order chi connectivity index (χ0) is 82.9. The van der Waals surface area contributed by atoms with Crippen molar-refractivity contribution >= 4 is 0 Å². The molecular weight excluding hydrogens is 1370 g/mol. The van der Waals surface area contributed by atoms with Gasteiger partial charge in [0.2, 0.25) is 0 Å². The van der Waals surface area contributed by atoms with E-state index >= 15 is 0 Å². The normalized spacial score (nSPS) is 46.5. The molecule has 0 amide bonds. The quantitative estimate of drug-likeness (QED) is 0.183. The Kier molecular flexibility index (Phi) is 40.2. The van der Waals surface area contributed by atoms with Crippen LogP contribution in [0.5, 0.6) is 0 Å². The van der Waals surface area contributed by atoms with E-state index in [1.807, 2.05) is 0 Å². The van der Waals surface area contributed by atoms with E-state index in [1.54, 1.807) is 38.5 Å². The third-order valence-corrected chi connectivity index (χ3v) is 41.9. The van der Waals surface area contributed by atoms with Crippen molar-refractivity contribution < 1.29 is 0 Å². The van der Waals surface area contributed by atoms with Gasteiger partial charge in [-0.2, -0.15) is 0 Å². The first-order valence-corrected chi connectivity index (χ1v) is 54.0. The highest BCUT2D eigenvalue weighted by molar-refractivity contribution is 5.03. The maximum absolute atomic E-state index is 2.59. The van der Waals surface area contributed by atoms with Crippen LogP contribution in [-0.2, 0) is 0 Å². The average molecular weight is 1580 g/mol. The van der Waals surface area contributed by atoms with E-state index in [2.05, 4.69) is 180 Å². The monoisotopic (exact) mass is 1580 g/mol. The lowest BCUT2D eigenvalue weighted by Crippen LogP contribution is -2.40. The summed E-state index contributed by atoms with van der Waals surface area (Å²) in [6, 6.07) is 0. The Hall–Kier alpha value is 0. The molecule has 15 rings (SSSR count). The molecule has 24 atom stereocenters. The van der Waals surface area contributed by atoms with Crippen LogP contribution in [0.3, 0.4) is 0 Å². The molecular formula is C114H212. The summed E-state index contributed by atoms with van der Waals surface area (Å²) >= 11 is 0. The molecule has 15 saturated carbocycles. The summed E-state index contributed by atoms with van der Waals surface area (Å²) in [4.78, 5) is 0. The van der Waals surface area contributed by atoms with Gasteiger partial charge in [-0.15, -0.1) is 0 Å². The fourth-order valence-electron chi connectivity index (χ4n) is 30.2. The Labute approximate surface area is 719 Å². The van der Waals surface area contributed by atoms with E-state index in [4.69, 9.17) is 0 Å². The predicted molar refractivity (Wildman–Crippen MR) is 507 cm³/mol. The third-order valence-electron chi connectivity index (χ3n) is 41.9. The lowest BCUT2D eigenvalue weighted by molar-refractivity contribution is 0.0121. The SMILES string of the molecule is CC1CC2C3CC(C)C(C3)C2C1.CC1CCC(C(C)(C)C2CCC(C)C(C)C2)CC1C.CC1CCC(C(C)(C)C2CCC(C)CC2)CC1.CC1CCC(C(C)C2CCC(C)C(C)C2)CC1C.CC1CCC(C(C)C2CCC(C)CC2)CC1.CC1CCC(CC2CCC(C)C(C)C2)CC1C.CC1CCC(CC2CCC(C)CC2)CC1. The molecule has 0 aliphatic heterocycles. The minimum absolute atomic E-state index is 0.572. The molecule has 0 aromatic heterocycles. The molecule has 0 N–H and O–H groups in total. The van der Waals surface area contributed by atoms with Crippen molar-refractivity contribution in [2.45, 2.75) is 488 Å². The lowest BCUT2D eigenvalue weighted by Gasteiger charge is -2.49. The first-order valence-electron chi connectivity index (χ1n) is 54.0. The zero-order valence-electron chi connectivity index (χ0n) is 82.9. The maximum Gasteiger partial charge on any atom is -0.0297 e. The van der Waals surface area contributed by atoms with Crippen LogP contribution in [0.2, 0.25) is 0 Å². The molecule has 0 aromatic rings. The Morgan fingerprint density at radius 2 is 0.439 bits per heavy atom. The summed E-state index contributed by atoms with van der Waals surface area (Å²) in [5.41, 5.74) is 1.18. The second-order valence-electron chi connectivity index (χ2n) is 51.1. The van der Waals surface area contributed by atoms with Crippen LogP contribution >= 0.6 is 0 Å². The highest BCUT2D eigenvalue weighted by Gasteiger charge is 2.54. The Balaban J connectivity index is 0.000000153. The number of hydrogen-bond acceptors (Lipinski definition) is 0. The summed E-state index contributed by atoms with van der Waals surface area (Å²) in [7, 11) is 0. The van der Waals surface area contributed by atoms with Crippen LogP contribution in [0, 0.1) is 236 Å². The van der Waals surface area contributed by atoms with Gasteiger partial charge >= 0.3 is 0 Å². The van der Waals surface area contributed by atoms with E-state index in [0.29, 0.717) is 10.8 Å². The van der Waals surface area contributed by atoms with E-state index in [-0.39, 0.29) is 0 Å². The first-order chi connectivity index (χ1) is 54.0. The van der Waals surface area contributed by atoms with Crippen molar-refractivity contribution in [3.8, 4) is 0 Å². The van der Waals surface area contributed by atoms with Gasteiger partial charge in [0.15, 0.2) is 0 Å². The van der Waals surface area contributed by atoms with Crippen molar-refractivity contribution in [3.05, 3.63) is 0 Å². The van der Waals surface area contributed by atoms with E-state index in [9.17, 15) is 0 Å². The van der Waals surface area contributed by atoms with Crippen molar-refractivity contribution in [2.75, 3.05) is 0 Å². The molecule has 2 bridgehead atoms. The minimum Gasteiger partial charge on any atom is -0.0625 e. The van der Waals surface area contributed by atoms with Crippen LogP contribution in [0.25, 0.3) is 0 Å². The average Bonchev–Trinajstić information content (AvgIpc) is 1.59. The third kappa shape index (κ3) is 29.0. The molecule has 15 aliphatic rings. The molecule has 0 heteroatoms. The Morgan fingerprint density at radius 1 is 0.184 bits per heavy atom. The minimum atomic E-state index is 0.572. The molecule has 15 aliphatic carbocycles. The standard InChI is InChI=1S/C19H36.C18H34.2C17H32.C16H30.C15H28.C12H20/c1-13-7-9-17(11-15(13)3)19(5,6)18-10-8-14(2)16(4)12-18;1-12-6-8-17(10-14(12)3)16(5)18-9-7-13(2)15(4)11-18;1-13-5-9-15(10-6-13)17(3,4)16-11-7-14(2)8-12-16;1-12-5-7-16(9-14(12)3)11-17-8-6-13(2)15(4)10-17;1-12-4-8-15(9-5-12)14(3)16-10-6-13(2)7-11-16;1-12-3-7-14(8-4-12)11-15-9-5-13(2)6-10-15;1-7-3-11-9-5-8(2)10(6-9)12(11)4-7/h13-18H,7-12H2,1-6H3;12-18H,6-11H2,1-5H3;13-16H,5-12H2,1-4H3;12-17H,5-11H2,1-4H3;12-16H,4-11H2,1-3H3;12-15H,3-11H2,1-2H3;7-12H,3-6H2,1-2H3. The van der Waals surface area contributed by atoms with Crippen molar-refractivity contribution in [1.29, 1.82) is 0 Å². The molecule has 0 radical (unpaired) electrons. The fourth-order valence-corrected chi connectivity index (χ4v) is 30.2. The summed E-state index contributed by atoms with van der Waals surface area (Å²) < 4.78 is 0. The first kappa shape index (κ1) is 97.8. The Morgan fingerprint density at radius 3 is 0.781 bits per heavy atom. The van der Waals surface area contributed by atoms with Gasteiger partial charge in [0.25, 0.3) is 0 Å². The maximum atomic E-state index is 2.59. The molecule has 15 fully saturated rings. The molecule has 24 unspecified atom stereocenters. The molecule has 114 heavy (non-hydrogen) atoms. The van der Waals surface area contributed by atoms with Crippen LogP contribution in [0.1, 0.15) is 488 Å². The van der Waals surface area contributed by atoms with Gasteiger partial charge < -0.3 is 0 Å².